The van der Waals surface area contributed by atoms with Crippen molar-refractivity contribution in [1.29, 1.82) is 0 Å². The van der Waals surface area contributed by atoms with Gasteiger partial charge >= 0.3 is 0 Å². The molecular weight excluding hydrogens is 396 g/mol. The molecule has 4 aromatic rings. The number of ether oxygens (including phenoxy) is 1. The fourth-order valence-corrected chi connectivity index (χ4v) is 3.13. The quantitative estimate of drug-likeness (QED) is 0.328. The minimum atomic E-state index is 0.826. The predicted molar refractivity (Wildman–Crippen MR) is 115 cm³/mol. The summed E-state index contributed by atoms with van der Waals surface area (Å²) in [6.45, 7) is 0. The molecule has 0 heterocycles. The Balaban J connectivity index is 1.44. The van der Waals surface area contributed by atoms with E-state index < -0.39 is 0 Å². The minimum absolute atomic E-state index is 0.826. The van der Waals surface area contributed by atoms with Crippen LogP contribution in [0.1, 0.15) is 11.1 Å². The van der Waals surface area contributed by atoms with Gasteiger partial charge in [-0.15, -0.1) is 0 Å². The van der Waals surface area contributed by atoms with Crippen LogP contribution in [0, 0.1) is 6.42 Å². The van der Waals surface area contributed by atoms with Gasteiger partial charge in [0.05, 0.1) is 0 Å². The van der Waals surface area contributed by atoms with Crippen LogP contribution in [0.4, 0.5) is 0 Å². The van der Waals surface area contributed by atoms with E-state index in [2.05, 4.69) is 83.0 Å². The highest BCUT2D eigenvalue weighted by Crippen LogP contribution is 2.27. The SMILES string of the molecule is Brc1ccc(Oc2ccc(-c3ccc([CH]c4ccccc4)cc3)cc2)cc1. The minimum Gasteiger partial charge on any atom is -0.457 e. The summed E-state index contributed by atoms with van der Waals surface area (Å²) < 4.78 is 6.92. The third kappa shape index (κ3) is 4.66. The Labute approximate surface area is 168 Å². The van der Waals surface area contributed by atoms with E-state index in [1.54, 1.807) is 0 Å². The summed E-state index contributed by atoms with van der Waals surface area (Å²) in [5.74, 6) is 1.65. The highest BCUT2D eigenvalue weighted by molar-refractivity contribution is 9.10. The van der Waals surface area contributed by atoms with Crippen LogP contribution in [-0.2, 0) is 0 Å². The van der Waals surface area contributed by atoms with Crippen molar-refractivity contribution in [3.63, 3.8) is 0 Å². The Morgan fingerprint density at radius 1 is 0.519 bits per heavy atom. The highest BCUT2D eigenvalue weighted by Gasteiger charge is 2.02. The molecule has 4 rings (SSSR count). The first kappa shape index (κ1) is 17.6. The van der Waals surface area contributed by atoms with Crippen LogP contribution in [0.25, 0.3) is 11.1 Å². The summed E-state index contributed by atoms with van der Waals surface area (Å²) in [6, 6.07) is 35.0. The lowest BCUT2D eigenvalue weighted by atomic mass is 10.0. The van der Waals surface area contributed by atoms with E-state index in [0.29, 0.717) is 0 Å². The molecule has 0 spiro atoms. The first-order chi connectivity index (χ1) is 13.3. The fourth-order valence-electron chi connectivity index (χ4n) is 2.87. The third-order valence-electron chi connectivity index (χ3n) is 4.28. The van der Waals surface area contributed by atoms with Gasteiger partial charge in [-0.25, -0.2) is 0 Å². The fraction of sp³-hybridized carbons (Fsp3) is 0. The molecule has 0 aliphatic carbocycles. The van der Waals surface area contributed by atoms with Crippen LogP contribution < -0.4 is 4.74 Å². The number of rotatable bonds is 5. The van der Waals surface area contributed by atoms with E-state index >= 15 is 0 Å². The summed E-state index contributed by atoms with van der Waals surface area (Å²) in [5.41, 5.74) is 4.76. The van der Waals surface area contributed by atoms with E-state index in [4.69, 9.17) is 4.74 Å². The maximum absolute atomic E-state index is 5.88. The van der Waals surface area contributed by atoms with E-state index in [1.807, 2.05) is 42.5 Å². The van der Waals surface area contributed by atoms with Gasteiger partial charge in [0.25, 0.3) is 0 Å². The van der Waals surface area contributed by atoms with Crippen LogP contribution >= 0.6 is 15.9 Å². The van der Waals surface area contributed by atoms with Crippen molar-refractivity contribution in [1.82, 2.24) is 0 Å². The van der Waals surface area contributed by atoms with Gasteiger partial charge < -0.3 is 4.74 Å². The zero-order valence-corrected chi connectivity index (χ0v) is 16.3. The summed E-state index contributed by atoms with van der Waals surface area (Å²) in [7, 11) is 0. The first-order valence-electron chi connectivity index (χ1n) is 8.80. The highest BCUT2D eigenvalue weighted by atomic mass is 79.9. The van der Waals surface area contributed by atoms with E-state index in [9.17, 15) is 0 Å². The molecule has 0 N–H and O–H groups in total. The molecule has 0 fully saturated rings. The Bertz CT molecular complexity index is 989. The molecule has 131 valence electrons. The number of hydrogen-bond donors (Lipinski definition) is 0. The van der Waals surface area contributed by atoms with Gasteiger partial charge in [-0.05, 0) is 58.7 Å². The number of benzene rings is 4. The Kier molecular flexibility index (Phi) is 5.36. The molecule has 0 unspecified atom stereocenters. The first-order valence-corrected chi connectivity index (χ1v) is 9.59. The number of halogens is 1. The molecule has 0 amide bonds. The number of hydrogen-bond acceptors (Lipinski definition) is 1. The third-order valence-corrected chi connectivity index (χ3v) is 4.81. The summed E-state index contributed by atoms with van der Waals surface area (Å²) >= 11 is 3.43. The lowest BCUT2D eigenvalue weighted by molar-refractivity contribution is 0.482. The Morgan fingerprint density at radius 2 is 1.00 bits per heavy atom. The average molecular weight is 414 g/mol. The van der Waals surface area contributed by atoms with Gasteiger partial charge in [0, 0.05) is 10.9 Å². The normalized spacial score (nSPS) is 10.6. The standard InChI is InChI=1S/C25H18BrO/c26-23-12-16-25(17-13-23)27-24-14-10-22(11-15-24)21-8-6-20(7-9-21)18-19-4-2-1-3-5-19/h1-18H. The van der Waals surface area contributed by atoms with E-state index in [0.717, 1.165) is 16.0 Å². The van der Waals surface area contributed by atoms with Crippen LogP contribution in [0.5, 0.6) is 11.5 Å². The van der Waals surface area contributed by atoms with Crippen LogP contribution in [0.15, 0.2) is 108 Å². The van der Waals surface area contributed by atoms with Gasteiger partial charge in [0.2, 0.25) is 0 Å². The molecular formula is C25H18BrO. The topological polar surface area (TPSA) is 9.23 Å². The second kappa shape index (κ2) is 8.24. The molecule has 1 nitrogen and oxygen atoms in total. The Morgan fingerprint density at radius 3 is 1.59 bits per heavy atom. The largest absolute Gasteiger partial charge is 0.457 e. The molecule has 0 saturated heterocycles. The van der Waals surface area contributed by atoms with Crippen molar-refractivity contribution in [3.8, 4) is 22.6 Å². The van der Waals surface area contributed by atoms with Crippen molar-refractivity contribution in [2.75, 3.05) is 0 Å². The van der Waals surface area contributed by atoms with Crippen molar-refractivity contribution < 1.29 is 4.74 Å². The second-order valence-electron chi connectivity index (χ2n) is 6.26. The summed E-state index contributed by atoms with van der Waals surface area (Å²) in [5, 5.41) is 0. The molecule has 0 aromatic heterocycles. The van der Waals surface area contributed by atoms with E-state index in [-0.39, 0.29) is 0 Å². The van der Waals surface area contributed by atoms with Crippen LogP contribution in [0.3, 0.4) is 0 Å². The van der Waals surface area contributed by atoms with E-state index in [1.165, 1.54) is 22.3 Å². The molecule has 0 saturated carbocycles. The van der Waals surface area contributed by atoms with Crippen LogP contribution in [-0.4, -0.2) is 0 Å². The van der Waals surface area contributed by atoms with Crippen molar-refractivity contribution in [3.05, 3.63) is 125 Å². The predicted octanol–water partition coefficient (Wildman–Crippen LogP) is 7.51. The zero-order chi connectivity index (χ0) is 18.5. The maximum atomic E-state index is 5.88. The van der Waals surface area contributed by atoms with Crippen molar-refractivity contribution in [2.45, 2.75) is 0 Å². The van der Waals surface area contributed by atoms with Crippen molar-refractivity contribution in [2.24, 2.45) is 0 Å². The van der Waals surface area contributed by atoms with Gasteiger partial charge in [-0.2, -0.15) is 0 Å². The van der Waals surface area contributed by atoms with Crippen LogP contribution in [0.2, 0.25) is 0 Å². The smallest absolute Gasteiger partial charge is 0.127 e. The lowest BCUT2D eigenvalue weighted by Crippen LogP contribution is -1.86. The molecule has 0 bridgehead atoms. The summed E-state index contributed by atoms with van der Waals surface area (Å²) in [6.07, 6.45) is 2.18. The molecule has 0 aliphatic rings. The van der Waals surface area contributed by atoms with Gasteiger partial charge in [0.1, 0.15) is 11.5 Å². The molecule has 1 radical (unpaired) electrons. The zero-order valence-electron chi connectivity index (χ0n) is 14.7. The molecule has 4 aromatic carbocycles. The molecule has 0 atom stereocenters. The van der Waals surface area contributed by atoms with Crippen molar-refractivity contribution >= 4 is 15.9 Å². The summed E-state index contributed by atoms with van der Waals surface area (Å²) in [4.78, 5) is 0. The lowest BCUT2D eigenvalue weighted by Gasteiger charge is -2.08. The molecule has 27 heavy (non-hydrogen) atoms. The molecule has 0 aliphatic heterocycles. The average Bonchev–Trinajstić information content (AvgIpc) is 2.72. The monoisotopic (exact) mass is 413 g/mol. The van der Waals surface area contributed by atoms with Gasteiger partial charge in [-0.3, -0.25) is 0 Å². The maximum Gasteiger partial charge on any atom is 0.127 e. The van der Waals surface area contributed by atoms with Gasteiger partial charge in [-0.1, -0.05) is 82.7 Å². The van der Waals surface area contributed by atoms with Gasteiger partial charge in [0.15, 0.2) is 0 Å². The second-order valence-corrected chi connectivity index (χ2v) is 7.17. The Hall–Kier alpha value is -2.84. The molecule has 2 heteroatoms.